The second-order valence-corrected chi connectivity index (χ2v) is 8.07. The van der Waals surface area contributed by atoms with Crippen molar-refractivity contribution in [1.29, 1.82) is 0 Å². The number of carbonyl (C=O) groups is 4. The predicted molar refractivity (Wildman–Crippen MR) is 120 cm³/mol. The second-order valence-electron chi connectivity index (χ2n) is 8.07. The highest BCUT2D eigenvalue weighted by Crippen LogP contribution is 2.24. The molecule has 0 radical (unpaired) electrons. The number of anilines is 1. The molecule has 1 saturated heterocycles. The summed E-state index contributed by atoms with van der Waals surface area (Å²) in [5.41, 5.74) is 0.0717. The highest BCUT2D eigenvalue weighted by molar-refractivity contribution is 6.10. The third-order valence-corrected chi connectivity index (χ3v) is 5.64. The average molecular weight is 431 g/mol. The Morgan fingerprint density at radius 1 is 1.03 bits per heavy atom. The number of nitrogens with zero attached hydrogens (tertiary/aromatic N) is 2. The number of amides is 5. The van der Waals surface area contributed by atoms with Gasteiger partial charge < -0.3 is 15.5 Å². The van der Waals surface area contributed by atoms with Crippen LogP contribution in [0.2, 0.25) is 0 Å². The van der Waals surface area contributed by atoms with E-state index in [0.717, 1.165) is 30.6 Å². The van der Waals surface area contributed by atoms with Crippen molar-refractivity contribution in [2.75, 3.05) is 25.0 Å². The summed E-state index contributed by atoms with van der Waals surface area (Å²) in [6.07, 6.45) is 4.58. The third-order valence-electron chi connectivity index (χ3n) is 5.64. The number of urea groups is 1. The van der Waals surface area contributed by atoms with Crippen LogP contribution in [0.3, 0.4) is 0 Å². The molecule has 1 aromatic carbocycles. The number of carbonyl (C=O) groups excluding carboxylic acids is 4. The van der Waals surface area contributed by atoms with Gasteiger partial charge in [-0.15, -0.1) is 0 Å². The van der Waals surface area contributed by atoms with E-state index in [2.05, 4.69) is 17.6 Å². The van der Waals surface area contributed by atoms with Crippen LogP contribution >= 0.6 is 0 Å². The van der Waals surface area contributed by atoms with Crippen molar-refractivity contribution in [2.45, 2.75) is 65.3 Å². The first-order chi connectivity index (χ1) is 14.8. The van der Waals surface area contributed by atoms with Gasteiger partial charge in [-0.25, -0.2) is 4.79 Å². The number of imide groups is 1. The van der Waals surface area contributed by atoms with Crippen molar-refractivity contribution in [3.8, 4) is 0 Å². The van der Waals surface area contributed by atoms with Crippen molar-refractivity contribution < 1.29 is 19.2 Å². The predicted octanol–water partition coefficient (Wildman–Crippen LogP) is 3.39. The van der Waals surface area contributed by atoms with Gasteiger partial charge in [0.25, 0.3) is 11.8 Å². The molecule has 8 nitrogen and oxygen atoms in total. The van der Waals surface area contributed by atoms with Gasteiger partial charge in [0.05, 0.1) is 0 Å². The molecule has 8 heteroatoms. The largest absolute Gasteiger partial charge is 0.339 e. The Morgan fingerprint density at radius 3 is 2.26 bits per heavy atom. The van der Waals surface area contributed by atoms with Gasteiger partial charge in [-0.2, -0.15) is 0 Å². The molecule has 0 unspecified atom stereocenters. The van der Waals surface area contributed by atoms with Gasteiger partial charge in [0.1, 0.15) is 12.1 Å². The van der Waals surface area contributed by atoms with Crippen LogP contribution in [0.5, 0.6) is 0 Å². The summed E-state index contributed by atoms with van der Waals surface area (Å²) in [5.74, 6) is -0.911. The van der Waals surface area contributed by atoms with Crippen LogP contribution < -0.4 is 10.6 Å². The van der Waals surface area contributed by atoms with Crippen molar-refractivity contribution in [2.24, 2.45) is 0 Å². The van der Waals surface area contributed by atoms with E-state index in [1.54, 1.807) is 36.1 Å². The number of hydrogen-bond donors (Lipinski definition) is 2. The molecule has 2 rings (SSSR count). The lowest BCUT2D eigenvalue weighted by atomic mass is 9.94. The molecular weight excluding hydrogens is 396 g/mol. The smallest absolute Gasteiger partial charge is 0.325 e. The Hall–Kier alpha value is -2.90. The molecule has 1 aromatic rings. The molecule has 31 heavy (non-hydrogen) atoms. The van der Waals surface area contributed by atoms with Crippen LogP contribution in [0, 0.1) is 0 Å². The molecule has 0 bridgehead atoms. The minimum absolute atomic E-state index is 0.0690. The fourth-order valence-electron chi connectivity index (χ4n) is 3.70. The van der Waals surface area contributed by atoms with Crippen LogP contribution in [0.15, 0.2) is 24.3 Å². The lowest BCUT2D eigenvalue weighted by Gasteiger charge is -2.21. The molecule has 1 heterocycles. The maximum absolute atomic E-state index is 12.8. The Labute approximate surface area is 184 Å². The van der Waals surface area contributed by atoms with Gasteiger partial charge in [-0.05, 0) is 51.5 Å². The maximum Gasteiger partial charge on any atom is 0.325 e. The number of unbranched alkanes of at least 4 members (excludes halogenated alkanes) is 3. The molecule has 1 atom stereocenters. The van der Waals surface area contributed by atoms with Gasteiger partial charge in [-0.3, -0.25) is 19.3 Å². The third kappa shape index (κ3) is 6.06. The van der Waals surface area contributed by atoms with Gasteiger partial charge in [-0.1, -0.05) is 32.6 Å². The Balaban J connectivity index is 1.94. The molecule has 0 spiro atoms. The SMILES string of the molecule is CCCCCC[C@]1(C)NC(=O)N(CC(=O)Nc2ccc(C(=O)N(CC)CC)cc2)C1=O. The van der Waals surface area contributed by atoms with Crippen LogP contribution in [0.1, 0.15) is 70.2 Å². The van der Waals surface area contributed by atoms with E-state index in [1.807, 2.05) is 13.8 Å². The quantitative estimate of drug-likeness (QED) is 0.415. The highest BCUT2D eigenvalue weighted by Gasteiger charge is 2.47. The van der Waals surface area contributed by atoms with Crippen LogP contribution in [0.4, 0.5) is 10.5 Å². The van der Waals surface area contributed by atoms with Gasteiger partial charge in [0.2, 0.25) is 5.91 Å². The van der Waals surface area contributed by atoms with E-state index >= 15 is 0 Å². The minimum atomic E-state index is -0.961. The standard InChI is InChI=1S/C23H34N4O4/c1-5-8-9-10-15-23(4)21(30)27(22(31)25-23)16-19(28)24-18-13-11-17(12-14-18)20(29)26(6-2)7-3/h11-14H,5-10,15-16H2,1-4H3,(H,24,28)(H,25,31)/t23-/m0/s1. The zero-order chi connectivity index (χ0) is 23.0. The number of rotatable bonds is 11. The average Bonchev–Trinajstić information content (AvgIpc) is 2.95. The Morgan fingerprint density at radius 2 is 1.68 bits per heavy atom. The summed E-state index contributed by atoms with van der Waals surface area (Å²) in [6, 6.07) is 6.03. The Kier molecular flexibility index (Phi) is 8.59. The first-order valence-corrected chi connectivity index (χ1v) is 11.1. The molecule has 1 aliphatic rings. The molecule has 2 N–H and O–H groups in total. The van der Waals surface area contributed by atoms with Gasteiger partial charge in [0.15, 0.2) is 0 Å². The lowest BCUT2D eigenvalue weighted by molar-refractivity contribution is -0.133. The topological polar surface area (TPSA) is 98.8 Å². The van der Waals surface area contributed by atoms with Crippen LogP contribution in [-0.4, -0.2) is 58.7 Å². The summed E-state index contributed by atoms with van der Waals surface area (Å²) >= 11 is 0. The van der Waals surface area contributed by atoms with Crippen LogP contribution in [-0.2, 0) is 9.59 Å². The van der Waals surface area contributed by atoms with Crippen molar-refractivity contribution in [3.63, 3.8) is 0 Å². The maximum atomic E-state index is 12.8. The molecule has 1 fully saturated rings. The van der Waals surface area contributed by atoms with E-state index in [9.17, 15) is 19.2 Å². The normalized spacial score (nSPS) is 18.1. The Bertz CT molecular complexity index is 804. The summed E-state index contributed by atoms with van der Waals surface area (Å²) in [5, 5.41) is 5.42. The molecule has 5 amide bonds. The van der Waals surface area contributed by atoms with Crippen molar-refractivity contribution >= 4 is 29.4 Å². The summed E-state index contributed by atoms with van der Waals surface area (Å²) in [6.45, 7) is 8.55. The zero-order valence-corrected chi connectivity index (χ0v) is 19.0. The molecule has 0 aromatic heterocycles. The fourth-order valence-corrected chi connectivity index (χ4v) is 3.70. The molecule has 0 saturated carbocycles. The minimum Gasteiger partial charge on any atom is -0.339 e. The number of hydrogen-bond acceptors (Lipinski definition) is 4. The molecule has 1 aliphatic heterocycles. The van der Waals surface area contributed by atoms with E-state index in [-0.39, 0.29) is 18.4 Å². The number of nitrogens with one attached hydrogen (secondary N) is 2. The second kappa shape index (κ2) is 10.9. The van der Waals surface area contributed by atoms with Crippen molar-refractivity contribution in [1.82, 2.24) is 15.1 Å². The summed E-state index contributed by atoms with van der Waals surface area (Å²) in [7, 11) is 0. The fraction of sp³-hybridized carbons (Fsp3) is 0.565. The lowest BCUT2D eigenvalue weighted by Crippen LogP contribution is -2.44. The monoisotopic (exact) mass is 430 g/mol. The zero-order valence-electron chi connectivity index (χ0n) is 19.0. The van der Waals surface area contributed by atoms with E-state index in [1.165, 1.54) is 0 Å². The van der Waals surface area contributed by atoms with Crippen molar-refractivity contribution in [3.05, 3.63) is 29.8 Å². The van der Waals surface area contributed by atoms with E-state index < -0.39 is 17.5 Å². The first kappa shape index (κ1) is 24.4. The first-order valence-electron chi connectivity index (χ1n) is 11.1. The molecule has 0 aliphatic carbocycles. The molecule has 170 valence electrons. The number of benzene rings is 1. The van der Waals surface area contributed by atoms with Gasteiger partial charge in [0, 0.05) is 24.3 Å². The van der Waals surface area contributed by atoms with E-state index in [4.69, 9.17) is 0 Å². The highest BCUT2D eigenvalue weighted by atomic mass is 16.2. The summed E-state index contributed by atoms with van der Waals surface area (Å²) < 4.78 is 0. The summed E-state index contributed by atoms with van der Waals surface area (Å²) in [4.78, 5) is 52.5. The van der Waals surface area contributed by atoms with Gasteiger partial charge >= 0.3 is 6.03 Å². The van der Waals surface area contributed by atoms with E-state index in [0.29, 0.717) is 30.8 Å². The molecular formula is C23H34N4O4. The van der Waals surface area contributed by atoms with Crippen LogP contribution in [0.25, 0.3) is 0 Å².